The average Bonchev–Trinajstić information content (AvgIpc) is 3.11. The summed E-state index contributed by atoms with van der Waals surface area (Å²) in [5.41, 5.74) is -0.606. The fraction of sp³-hybridized carbons (Fsp3) is 0.864. The third kappa shape index (κ3) is 6.72. The summed E-state index contributed by atoms with van der Waals surface area (Å²) >= 11 is 5.31. The number of nitrogens with zero attached hydrogens (tertiary/aromatic N) is 1. The van der Waals surface area contributed by atoms with Gasteiger partial charge in [0.15, 0.2) is 0 Å². The highest BCUT2D eigenvalue weighted by Gasteiger charge is 2.41. The first-order valence-electron chi connectivity index (χ1n) is 10.8. The summed E-state index contributed by atoms with van der Waals surface area (Å²) in [5.74, 6) is 0.0309. The van der Waals surface area contributed by atoms with Crippen LogP contribution >= 0.6 is 12.2 Å². The molecule has 168 valence electrons. The molecule has 2 N–H and O–H groups in total. The number of thiocarbonyl (C=S) groups is 1. The van der Waals surface area contributed by atoms with Gasteiger partial charge in [0.25, 0.3) is 0 Å². The molecule has 0 bridgehead atoms. The van der Waals surface area contributed by atoms with E-state index in [9.17, 15) is 9.59 Å². The third-order valence-electron chi connectivity index (χ3n) is 6.28. The molecule has 0 aromatic carbocycles. The van der Waals surface area contributed by atoms with Crippen LogP contribution in [0.3, 0.4) is 0 Å². The zero-order valence-corrected chi connectivity index (χ0v) is 20.3. The second-order valence-corrected chi connectivity index (χ2v) is 9.76. The second kappa shape index (κ2) is 11.4. The Morgan fingerprint density at radius 3 is 2.34 bits per heavy atom. The molecular formula is C22H41N3O3S. The van der Waals surface area contributed by atoms with Gasteiger partial charge in [-0.1, -0.05) is 46.3 Å². The first-order valence-corrected chi connectivity index (χ1v) is 11.2. The van der Waals surface area contributed by atoms with Crippen molar-refractivity contribution in [3.8, 4) is 0 Å². The minimum absolute atomic E-state index is 0.0234. The van der Waals surface area contributed by atoms with Gasteiger partial charge in [-0.05, 0) is 49.9 Å². The Balaban J connectivity index is 3.07. The Morgan fingerprint density at radius 1 is 1.31 bits per heavy atom. The molecule has 0 unspecified atom stereocenters. The zero-order valence-electron chi connectivity index (χ0n) is 19.5. The van der Waals surface area contributed by atoms with E-state index in [2.05, 4.69) is 24.5 Å². The van der Waals surface area contributed by atoms with Gasteiger partial charge < -0.3 is 20.3 Å². The normalized spacial score (nSPS) is 23.3. The van der Waals surface area contributed by atoms with E-state index in [0.29, 0.717) is 6.42 Å². The fourth-order valence-corrected chi connectivity index (χ4v) is 4.30. The molecule has 29 heavy (non-hydrogen) atoms. The van der Waals surface area contributed by atoms with Crippen molar-refractivity contribution in [2.45, 2.75) is 91.0 Å². The van der Waals surface area contributed by atoms with Crippen LogP contribution in [-0.4, -0.2) is 66.0 Å². The van der Waals surface area contributed by atoms with Crippen molar-refractivity contribution in [3.05, 3.63) is 0 Å². The van der Waals surface area contributed by atoms with Crippen LogP contribution in [0.15, 0.2) is 0 Å². The molecule has 5 atom stereocenters. The highest BCUT2D eigenvalue weighted by Crippen LogP contribution is 2.24. The van der Waals surface area contributed by atoms with E-state index >= 15 is 0 Å². The summed E-state index contributed by atoms with van der Waals surface area (Å²) in [6.45, 7) is 12.8. The first kappa shape index (κ1) is 26.0. The summed E-state index contributed by atoms with van der Waals surface area (Å²) < 4.78 is 5.76. The Kier molecular flexibility index (Phi) is 10.2. The monoisotopic (exact) mass is 427 g/mol. The zero-order chi connectivity index (χ0) is 22.4. The van der Waals surface area contributed by atoms with Gasteiger partial charge in [-0.15, -0.1) is 0 Å². The Morgan fingerprint density at radius 2 is 1.93 bits per heavy atom. The number of carbonyl (C=O) groups excluding carboxylic acids is 2. The molecule has 7 heteroatoms. The van der Waals surface area contributed by atoms with E-state index in [1.165, 1.54) is 0 Å². The first-order chi connectivity index (χ1) is 13.5. The SMILES string of the molecule is CC[C@H](C)[C@@H]([C@@H](CC(C)=S)OC)N(C)C(=O)[C@@H](NC(=O)[C@]1(C)CCCN1)C(C)C. The maximum absolute atomic E-state index is 13.5. The lowest BCUT2D eigenvalue weighted by Crippen LogP contribution is -2.61. The van der Waals surface area contributed by atoms with Gasteiger partial charge in [0.2, 0.25) is 11.8 Å². The quantitative estimate of drug-likeness (QED) is 0.496. The summed E-state index contributed by atoms with van der Waals surface area (Å²) in [7, 11) is 3.49. The van der Waals surface area contributed by atoms with Gasteiger partial charge in [-0.25, -0.2) is 0 Å². The number of ether oxygens (including phenoxy) is 1. The van der Waals surface area contributed by atoms with E-state index in [1.807, 2.05) is 34.7 Å². The summed E-state index contributed by atoms with van der Waals surface area (Å²) in [4.78, 5) is 29.1. The van der Waals surface area contributed by atoms with Crippen molar-refractivity contribution in [2.24, 2.45) is 11.8 Å². The van der Waals surface area contributed by atoms with Gasteiger partial charge in [-0.3, -0.25) is 9.59 Å². The van der Waals surface area contributed by atoms with Crippen molar-refractivity contribution >= 4 is 28.9 Å². The minimum atomic E-state index is -0.606. The van der Waals surface area contributed by atoms with Gasteiger partial charge in [-0.2, -0.15) is 0 Å². The number of methoxy groups -OCH3 is 1. The molecule has 2 amide bonds. The van der Waals surface area contributed by atoms with Crippen LogP contribution in [0.4, 0.5) is 0 Å². The summed E-state index contributed by atoms with van der Waals surface area (Å²) in [5, 5.41) is 6.30. The molecule has 6 nitrogen and oxygen atoms in total. The maximum atomic E-state index is 13.5. The minimum Gasteiger partial charge on any atom is -0.379 e. The standard InChI is InChI=1S/C22H41N3O3S/c1-9-15(4)19(17(28-8)13-16(5)29)25(7)20(26)18(14(2)3)24-21(27)22(6)11-10-12-23-22/h14-15,17-19,23H,9-13H2,1-8H3,(H,24,27)/t15-,17+,18-,19-,22-/m0/s1. The lowest BCUT2D eigenvalue weighted by molar-refractivity contribution is -0.143. The molecule has 0 radical (unpaired) electrons. The van der Waals surface area contributed by atoms with Crippen LogP contribution < -0.4 is 10.6 Å². The highest BCUT2D eigenvalue weighted by atomic mass is 32.1. The molecule has 1 aliphatic heterocycles. The van der Waals surface area contributed by atoms with E-state index in [4.69, 9.17) is 17.0 Å². The average molecular weight is 428 g/mol. The Hall–Kier alpha value is -1.05. The van der Waals surface area contributed by atoms with Crippen molar-refractivity contribution in [1.82, 2.24) is 15.5 Å². The van der Waals surface area contributed by atoms with Crippen LogP contribution in [0.2, 0.25) is 0 Å². The van der Waals surface area contributed by atoms with E-state index < -0.39 is 11.6 Å². The van der Waals surface area contributed by atoms with Gasteiger partial charge in [0.05, 0.1) is 17.7 Å². The topological polar surface area (TPSA) is 70.7 Å². The largest absolute Gasteiger partial charge is 0.379 e. The predicted molar refractivity (Wildman–Crippen MR) is 122 cm³/mol. The maximum Gasteiger partial charge on any atom is 0.245 e. The number of hydrogen-bond acceptors (Lipinski definition) is 5. The Labute approximate surface area is 182 Å². The van der Waals surface area contributed by atoms with E-state index in [0.717, 1.165) is 30.7 Å². The fourth-order valence-electron chi connectivity index (χ4n) is 4.13. The van der Waals surface area contributed by atoms with Crippen LogP contribution in [0.25, 0.3) is 0 Å². The smallest absolute Gasteiger partial charge is 0.245 e. The van der Waals surface area contributed by atoms with Crippen LogP contribution in [0.5, 0.6) is 0 Å². The summed E-state index contributed by atoms with van der Waals surface area (Å²) in [6, 6.07) is -0.696. The Bertz CT molecular complexity index is 576. The highest BCUT2D eigenvalue weighted by molar-refractivity contribution is 7.80. The molecule has 1 fully saturated rings. The van der Waals surface area contributed by atoms with Crippen molar-refractivity contribution in [1.29, 1.82) is 0 Å². The van der Waals surface area contributed by atoms with Gasteiger partial charge in [0, 0.05) is 20.6 Å². The molecule has 0 aromatic heterocycles. The molecule has 0 spiro atoms. The number of hydrogen-bond donors (Lipinski definition) is 2. The molecule has 1 rings (SSSR count). The molecule has 0 aromatic rings. The number of rotatable bonds is 11. The number of nitrogens with one attached hydrogen (secondary N) is 2. The van der Waals surface area contributed by atoms with Crippen molar-refractivity contribution in [3.63, 3.8) is 0 Å². The second-order valence-electron chi connectivity index (χ2n) is 9.06. The van der Waals surface area contributed by atoms with Crippen LogP contribution in [0.1, 0.15) is 67.2 Å². The lowest BCUT2D eigenvalue weighted by atomic mass is 9.89. The van der Waals surface area contributed by atoms with Gasteiger partial charge >= 0.3 is 0 Å². The number of carbonyl (C=O) groups is 2. The van der Waals surface area contributed by atoms with E-state index in [-0.39, 0.29) is 35.8 Å². The van der Waals surface area contributed by atoms with Crippen LogP contribution in [0, 0.1) is 11.8 Å². The summed E-state index contributed by atoms with van der Waals surface area (Å²) in [6.07, 6.45) is 3.11. The lowest BCUT2D eigenvalue weighted by Gasteiger charge is -2.40. The molecule has 0 aliphatic carbocycles. The van der Waals surface area contributed by atoms with Gasteiger partial charge in [0.1, 0.15) is 6.04 Å². The molecule has 0 saturated carbocycles. The van der Waals surface area contributed by atoms with Crippen molar-refractivity contribution in [2.75, 3.05) is 20.7 Å². The van der Waals surface area contributed by atoms with Crippen molar-refractivity contribution < 1.29 is 14.3 Å². The third-order valence-corrected chi connectivity index (χ3v) is 6.45. The molecule has 1 heterocycles. The predicted octanol–water partition coefficient (Wildman–Crippen LogP) is 2.94. The molecular weight excluding hydrogens is 386 g/mol. The van der Waals surface area contributed by atoms with E-state index in [1.54, 1.807) is 12.0 Å². The number of likely N-dealkylation sites (N-methyl/N-ethyl adjacent to an activating group) is 1. The van der Waals surface area contributed by atoms with Crippen LogP contribution in [-0.2, 0) is 14.3 Å². The molecule has 1 saturated heterocycles. The molecule has 1 aliphatic rings. The number of amides is 2.